The average Bonchev–Trinajstić information content (AvgIpc) is 2.29. The second-order valence-electron chi connectivity index (χ2n) is 2.32. The molecule has 1 aromatic heterocycles. The van der Waals surface area contributed by atoms with E-state index in [1.54, 1.807) is 12.1 Å². The number of hydrogen-bond donors (Lipinski definition) is 1. The van der Waals surface area contributed by atoms with Crippen molar-refractivity contribution in [1.29, 1.82) is 0 Å². The minimum Gasteiger partial charge on any atom is -0.335 e. The van der Waals surface area contributed by atoms with E-state index >= 15 is 0 Å². The lowest BCUT2D eigenvalue weighted by Crippen LogP contribution is -2.20. The number of para-hydroxylation sites is 1. The van der Waals surface area contributed by atoms with Crippen LogP contribution in [0.1, 0.15) is 0 Å². The molecule has 1 heterocycles. The Morgan fingerprint density at radius 1 is 1.50 bits per heavy atom. The van der Waals surface area contributed by atoms with Crippen LogP contribution in [0.4, 0.5) is 0 Å². The lowest BCUT2D eigenvalue weighted by molar-refractivity contribution is 1.03. The van der Waals surface area contributed by atoms with Crippen molar-refractivity contribution >= 4 is 33.2 Å². The highest BCUT2D eigenvalue weighted by Gasteiger charge is 2.06. The van der Waals surface area contributed by atoms with Crippen molar-refractivity contribution in [3.63, 3.8) is 0 Å². The quantitative estimate of drug-likeness (QED) is 0.654. The number of thiazole rings is 1. The van der Waals surface area contributed by atoms with Crippen LogP contribution in [0.15, 0.2) is 23.0 Å². The second kappa shape index (κ2) is 2.50. The first-order chi connectivity index (χ1) is 5.70. The van der Waals surface area contributed by atoms with Crippen LogP contribution in [0.2, 0.25) is 5.02 Å². The molecule has 0 fully saturated rings. The minimum atomic E-state index is -0.196. The molecular formula is C7H5ClN2OS. The Balaban J connectivity index is 3.07. The van der Waals surface area contributed by atoms with Gasteiger partial charge in [-0.3, -0.25) is 4.79 Å². The lowest BCUT2D eigenvalue weighted by atomic mass is 10.3. The Morgan fingerprint density at radius 3 is 2.92 bits per heavy atom. The van der Waals surface area contributed by atoms with Gasteiger partial charge in [0.05, 0.1) is 9.72 Å². The maximum atomic E-state index is 11.1. The molecule has 2 rings (SSSR count). The Morgan fingerprint density at radius 2 is 2.25 bits per heavy atom. The van der Waals surface area contributed by atoms with E-state index in [4.69, 9.17) is 17.4 Å². The zero-order valence-corrected chi connectivity index (χ0v) is 7.52. The molecule has 2 aromatic rings. The Kier molecular flexibility index (Phi) is 1.59. The molecule has 5 heteroatoms. The van der Waals surface area contributed by atoms with Gasteiger partial charge >= 0.3 is 4.87 Å². The molecule has 2 N–H and O–H groups in total. The van der Waals surface area contributed by atoms with Gasteiger partial charge in [-0.25, -0.2) is 4.68 Å². The van der Waals surface area contributed by atoms with Crippen LogP contribution in [0, 0.1) is 0 Å². The SMILES string of the molecule is Nn1c(=O)sc2cccc(Cl)c21. The van der Waals surface area contributed by atoms with Crippen LogP contribution in [0.25, 0.3) is 10.2 Å². The van der Waals surface area contributed by atoms with Crippen molar-refractivity contribution in [2.75, 3.05) is 5.84 Å². The average molecular weight is 201 g/mol. The number of halogens is 1. The number of hydrogen-bond acceptors (Lipinski definition) is 3. The van der Waals surface area contributed by atoms with Gasteiger partial charge in [0.1, 0.15) is 5.52 Å². The van der Waals surface area contributed by atoms with Gasteiger partial charge in [0, 0.05) is 0 Å². The van der Waals surface area contributed by atoms with E-state index in [0.717, 1.165) is 20.7 Å². The molecule has 0 aliphatic heterocycles. The summed E-state index contributed by atoms with van der Waals surface area (Å²) < 4.78 is 1.89. The van der Waals surface area contributed by atoms with Crippen LogP contribution in [-0.2, 0) is 0 Å². The summed E-state index contributed by atoms with van der Waals surface area (Å²) in [7, 11) is 0. The van der Waals surface area contributed by atoms with Crippen LogP contribution < -0.4 is 10.7 Å². The van der Waals surface area contributed by atoms with Gasteiger partial charge in [-0.1, -0.05) is 29.0 Å². The van der Waals surface area contributed by atoms with E-state index in [0.29, 0.717) is 10.5 Å². The van der Waals surface area contributed by atoms with Gasteiger partial charge in [-0.05, 0) is 12.1 Å². The summed E-state index contributed by atoms with van der Waals surface area (Å²) in [6, 6.07) is 5.32. The minimum absolute atomic E-state index is 0.196. The molecule has 0 unspecified atom stereocenters. The maximum Gasteiger partial charge on any atom is 0.326 e. The summed E-state index contributed by atoms with van der Waals surface area (Å²) in [5.74, 6) is 5.47. The molecule has 1 aromatic carbocycles. The Labute approximate surface area is 77.0 Å². The molecule has 3 nitrogen and oxygen atoms in total. The molecule has 62 valence electrons. The van der Waals surface area contributed by atoms with Gasteiger partial charge in [-0.15, -0.1) is 0 Å². The standard InChI is InChI=1S/C7H5ClN2OS/c8-4-2-1-3-5-6(4)10(9)7(11)12-5/h1-3H,9H2. The Bertz CT molecular complexity index is 488. The second-order valence-corrected chi connectivity index (χ2v) is 3.72. The van der Waals surface area contributed by atoms with Crippen molar-refractivity contribution in [1.82, 2.24) is 4.68 Å². The van der Waals surface area contributed by atoms with E-state index in [-0.39, 0.29) is 4.87 Å². The first kappa shape index (κ1) is 7.64. The van der Waals surface area contributed by atoms with Crippen LogP contribution >= 0.6 is 22.9 Å². The highest BCUT2D eigenvalue weighted by Crippen LogP contribution is 2.23. The number of nitrogens with two attached hydrogens (primary N) is 1. The topological polar surface area (TPSA) is 48.0 Å². The molecule has 0 bridgehead atoms. The summed E-state index contributed by atoms with van der Waals surface area (Å²) in [6.45, 7) is 0. The zero-order valence-electron chi connectivity index (χ0n) is 5.95. The monoisotopic (exact) mass is 200 g/mol. The fourth-order valence-electron chi connectivity index (χ4n) is 1.05. The third kappa shape index (κ3) is 0.922. The van der Waals surface area contributed by atoms with E-state index in [1.807, 2.05) is 6.07 Å². The molecule has 0 saturated carbocycles. The number of fused-ring (bicyclic) bond motifs is 1. The largest absolute Gasteiger partial charge is 0.335 e. The molecule has 0 amide bonds. The predicted octanol–water partition coefficient (Wildman–Crippen LogP) is 1.43. The Hall–Kier alpha value is -1.00. The van der Waals surface area contributed by atoms with Gasteiger partial charge < -0.3 is 5.84 Å². The summed E-state index contributed by atoms with van der Waals surface area (Å²) in [4.78, 5) is 10.9. The highest BCUT2D eigenvalue weighted by molar-refractivity contribution is 7.16. The molecule has 0 saturated heterocycles. The van der Waals surface area contributed by atoms with E-state index in [2.05, 4.69) is 0 Å². The van der Waals surface area contributed by atoms with Crippen LogP contribution in [0.3, 0.4) is 0 Å². The van der Waals surface area contributed by atoms with E-state index in [1.165, 1.54) is 0 Å². The van der Waals surface area contributed by atoms with Gasteiger partial charge in [0.15, 0.2) is 0 Å². The van der Waals surface area contributed by atoms with Crippen molar-refractivity contribution in [3.8, 4) is 0 Å². The van der Waals surface area contributed by atoms with Crippen molar-refractivity contribution in [2.24, 2.45) is 0 Å². The molecular weight excluding hydrogens is 196 g/mol. The molecule has 0 spiro atoms. The zero-order chi connectivity index (χ0) is 8.72. The number of benzene rings is 1. The molecule has 0 atom stereocenters. The van der Waals surface area contributed by atoms with Gasteiger partial charge in [0.25, 0.3) is 0 Å². The van der Waals surface area contributed by atoms with Crippen molar-refractivity contribution in [3.05, 3.63) is 32.9 Å². The first-order valence-electron chi connectivity index (χ1n) is 3.25. The van der Waals surface area contributed by atoms with Gasteiger partial charge in [0.2, 0.25) is 0 Å². The summed E-state index contributed by atoms with van der Waals surface area (Å²) in [6.07, 6.45) is 0. The van der Waals surface area contributed by atoms with Crippen molar-refractivity contribution < 1.29 is 0 Å². The first-order valence-corrected chi connectivity index (χ1v) is 4.45. The number of nitrogens with zero attached hydrogens (tertiary/aromatic N) is 1. The third-order valence-corrected chi connectivity index (χ3v) is 2.81. The fraction of sp³-hybridized carbons (Fsp3) is 0. The number of nitrogen functional groups attached to an aromatic ring is 1. The van der Waals surface area contributed by atoms with E-state index in [9.17, 15) is 4.79 Å². The highest BCUT2D eigenvalue weighted by atomic mass is 35.5. The maximum absolute atomic E-state index is 11.1. The summed E-state index contributed by atoms with van der Waals surface area (Å²) in [5.41, 5.74) is 0.606. The van der Waals surface area contributed by atoms with Crippen LogP contribution in [0.5, 0.6) is 0 Å². The summed E-state index contributed by atoms with van der Waals surface area (Å²) >= 11 is 6.93. The number of rotatable bonds is 0. The molecule has 0 aliphatic carbocycles. The molecule has 0 radical (unpaired) electrons. The van der Waals surface area contributed by atoms with Crippen molar-refractivity contribution in [2.45, 2.75) is 0 Å². The predicted molar refractivity (Wildman–Crippen MR) is 51.2 cm³/mol. The molecule has 0 aliphatic rings. The fourth-order valence-corrected chi connectivity index (χ4v) is 2.20. The van der Waals surface area contributed by atoms with Crippen LogP contribution in [-0.4, -0.2) is 4.68 Å². The van der Waals surface area contributed by atoms with E-state index < -0.39 is 0 Å². The van der Waals surface area contributed by atoms with Gasteiger partial charge in [-0.2, -0.15) is 0 Å². The summed E-state index contributed by atoms with van der Waals surface area (Å²) in [5, 5.41) is 0.508. The number of aromatic nitrogens is 1. The molecule has 12 heavy (non-hydrogen) atoms. The lowest BCUT2D eigenvalue weighted by Gasteiger charge is -1.95. The third-order valence-electron chi connectivity index (χ3n) is 1.58. The smallest absolute Gasteiger partial charge is 0.326 e. The normalized spacial score (nSPS) is 10.8.